The van der Waals surface area contributed by atoms with E-state index in [2.05, 4.69) is 4.90 Å². The van der Waals surface area contributed by atoms with E-state index in [0.717, 1.165) is 24.5 Å². The van der Waals surface area contributed by atoms with Crippen molar-refractivity contribution in [2.24, 2.45) is 0 Å². The molecule has 0 aliphatic carbocycles. The fraction of sp³-hybridized carbons (Fsp3) is 0.350. The van der Waals surface area contributed by atoms with Gasteiger partial charge in [0.25, 0.3) is 5.91 Å². The first-order chi connectivity index (χ1) is 12.9. The highest BCUT2D eigenvalue weighted by atomic mass is 32.2. The van der Waals surface area contributed by atoms with Crippen LogP contribution in [0.1, 0.15) is 15.9 Å². The Bertz CT molecular complexity index is 885. The summed E-state index contributed by atoms with van der Waals surface area (Å²) in [6.45, 7) is 2.83. The summed E-state index contributed by atoms with van der Waals surface area (Å²) in [5.74, 6) is 0.796. The smallest absolute Gasteiger partial charge is 0.253 e. The minimum Gasteiger partial charge on any atom is -0.497 e. The summed E-state index contributed by atoms with van der Waals surface area (Å²) in [5, 5.41) is 0. The first-order valence-electron chi connectivity index (χ1n) is 8.81. The Balaban J connectivity index is 1.59. The van der Waals surface area contributed by atoms with Crippen LogP contribution in [0, 0.1) is 0 Å². The van der Waals surface area contributed by atoms with Crippen molar-refractivity contribution in [2.45, 2.75) is 5.75 Å². The maximum atomic E-state index is 12.7. The topological polar surface area (TPSA) is 66.9 Å². The molecule has 144 valence electrons. The number of benzene rings is 2. The normalized spacial score (nSPS) is 14.9. The van der Waals surface area contributed by atoms with Crippen LogP contribution >= 0.6 is 0 Å². The van der Waals surface area contributed by atoms with Crippen molar-refractivity contribution in [1.82, 2.24) is 4.90 Å². The molecule has 0 radical (unpaired) electrons. The van der Waals surface area contributed by atoms with Crippen molar-refractivity contribution in [3.05, 3.63) is 59.7 Å². The minimum absolute atomic E-state index is 0.0119. The van der Waals surface area contributed by atoms with Gasteiger partial charge in [0.1, 0.15) is 5.75 Å². The van der Waals surface area contributed by atoms with Crippen molar-refractivity contribution < 1.29 is 17.9 Å². The van der Waals surface area contributed by atoms with Gasteiger partial charge in [0, 0.05) is 43.7 Å². The molecule has 1 aliphatic rings. The molecule has 0 unspecified atom stereocenters. The highest BCUT2D eigenvalue weighted by molar-refractivity contribution is 7.89. The van der Waals surface area contributed by atoms with Crippen LogP contribution in [-0.4, -0.2) is 58.8 Å². The molecule has 0 spiro atoms. The van der Waals surface area contributed by atoms with Crippen molar-refractivity contribution in [3.8, 4) is 5.75 Å². The number of piperazine rings is 1. The Hall–Kier alpha value is -2.54. The van der Waals surface area contributed by atoms with Gasteiger partial charge < -0.3 is 14.5 Å². The number of amides is 1. The number of hydrogen-bond acceptors (Lipinski definition) is 5. The lowest BCUT2D eigenvalue weighted by Gasteiger charge is -2.36. The standard InChI is InChI=1S/C20H24N2O4S/c1-26-19-9-7-18(8-10-19)21-11-13-22(14-12-21)20(23)17-5-3-16(4-6-17)15-27(2,24)25/h3-10H,11-15H2,1-2H3. The molecule has 27 heavy (non-hydrogen) atoms. The van der Waals surface area contributed by atoms with Gasteiger partial charge >= 0.3 is 0 Å². The second-order valence-corrected chi connectivity index (χ2v) is 8.88. The summed E-state index contributed by atoms with van der Waals surface area (Å²) in [4.78, 5) is 16.8. The predicted octanol–water partition coefficient (Wildman–Crippen LogP) is 2.20. The summed E-state index contributed by atoms with van der Waals surface area (Å²) in [6, 6.07) is 14.8. The third kappa shape index (κ3) is 5.01. The molecule has 7 heteroatoms. The Morgan fingerprint density at radius 3 is 2.07 bits per heavy atom. The van der Waals surface area contributed by atoms with Gasteiger partial charge in [-0.15, -0.1) is 0 Å². The molecule has 6 nitrogen and oxygen atoms in total. The summed E-state index contributed by atoms with van der Waals surface area (Å²) in [5.41, 5.74) is 2.40. The Morgan fingerprint density at radius 2 is 1.56 bits per heavy atom. The van der Waals surface area contributed by atoms with E-state index in [4.69, 9.17) is 4.74 Å². The van der Waals surface area contributed by atoms with Crippen LogP contribution in [0.25, 0.3) is 0 Å². The van der Waals surface area contributed by atoms with Crippen LogP contribution in [0.5, 0.6) is 5.75 Å². The third-order valence-corrected chi connectivity index (χ3v) is 5.49. The first kappa shape index (κ1) is 19.2. The van der Waals surface area contributed by atoms with E-state index in [1.807, 2.05) is 29.2 Å². The van der Waals surface area contributed by atoms with Gasteiger partial charge in [-0.1, -0.05) is 12.1 Å². The summed E-state index contributed by atoms with van der Waals surface area (Å²) in [7, 11) is -1.43. The average molecular weight is 388 g/mol. The molecule has 0 atom stereocenters. The monoisotopic (exact) mass is 388 g/mol. The average Bonchev–Trinajstić information content (AvgIpc) is 2.67. The number of carbonyl (C=O) groups excluding carboxylic acids is 1. The lowest BCUT2D eigenvalue weighted by Crippen LogP contribution is -2.48. The van der Waals surface area contributed by atoms with Crippen LogP contribution in [0.15, 0.2) is 48.5 Å². The van der Waals surface area contributed by atoms with Crippen molar-refractivity contribution >= 4 is 21.4 Å². The number of nitrogens with zero attached hydrogens (tertiary/aromatic N) is 2. The molecule has 3 rings (SSSR count). The fourth-order valence-corrected chi connectivity index (χ4v) is 3.99. The van der Waals surface area contributed by atoms with Crippen LogP contribution in [0.3, 0.4) is 0 Å². The molecule has 1 amide bonds. The third-order valence-electron chi connectivity index (χ3n) is 4.63. The molecule has 0 bridgehead atoms. The van der Waals surface area contributed by atoms with E-state index in [1.165, 1.54) is 6.26 Å². The van der Waals surface area contributed by atoms with Crippen molar-refractivity contribution in [1.29, 1.82) is 0 Å². The van der Waals surface area contributed by atoms with E-state index in [-0.39, 0.29) is 11.7 Å². The van der Waals surface area contributed by atoms with E-state index >= 15 is 0 Å². The van der Waals surface area contributed by atoms with E-state index in [9.17, 15) is 13.2 Å². The van der Waals surface area contributed by atoms with Crippen LogP contribution in [0.2, 0.25) is 0 Å². The molecule has 0 saturated carbocycles. The first-order valence-corrected chi connectivity index (χ1v) is 10.9. The van der Waals surface area contributed by atoms with Gasteiger partial charge in [-0.05, 0) is 42.0 Å². The van der Waals surface area contributed by atoms with Crippen molar-refractivity contribution in [3.63, 3.8) is 0 Å². The van der Waals surface area contributed by atoms with Gasteiger partial charge in [-0.25, -0.2) is 8.42 Å². The summed E-state index contributed by atoms with van der Waals surface area (Å²) < 4.78 is 27.9. The number of anilines is 1. The summed E-state index contributed by atoms with van der Waals surface area (Å²) in [6.07, 6.45) is 1.20. The minimum atomic E-state index is -3.08. The highest BCUT2D eigenvalue weighted by Crippen LogP contribution is 2.21. The largest absolute Gasteiger partial charge is 0.497 e. The molecule has 1 aliphatic heterocycles. The van der Waals surface area contributed by atoms with Crippen LogP contribution < -0.4 is 9.64 Å². The Labute approximate surface area is 160 Å². The molecule has 0 N–H and O–H groups in total. The van der Waals surface area contributed by atoms with Gasteiger partial charge in [-0.2, -0.15) is 0 Å². The Morgan fingerprint density at radius 1 is 0.963 bits per heavy atom. The number of methoxy groups -OCH3 is 1. The zero-order valence-corrected chi connectivity index (χ0v) is 16.4. The maximum absolute atomic E-state index is 12.7. The molecule has 1 saturated heterocycles. The van der Waals surface area contributed by atoms with Gasteiger partial charge in [0.05, 0.1) is 12.9 Å². The SMILES string of the molecule is COc1ccc(N2CCN(C(=O)c3ccc(CS(C)(=O)=O)cc3)CC2)cc1. The molecular formula is C20H24N2O4S. The molecule has 1 heterocycles. The zero-order chi connectivity index (χ0) is 19.4. The van der Waals surface area contributed by atoms with E-state index in [1.54, 1.807) is 31.4 Å². The fourth-order valence-electron chi connectivity index (χ4n) is 3.19. The molecule has 2 aromatic carbocycles. The van der Waals surface area contributed by atoms with Crippen molar-refractivity contribution in [2.75, 3.05) is 44.4 Å². The highest BCUT2D eigenvalue weighted by Gasteiger charge is 2.22. The zero-order valence-electron chi connectivity index (χ0n) is 15.6. The summed E-state index contributed by atoms with van der Waals surface area (Å²) >= 11 is 0. The molecule has 0 aromatic heterocycles. The van der Waals surface area contributed by atoms with E-state index < -0.39 is 9.84 Å². The molecule has 2 aromatic rings. The van der Waals surface area contributed by atoms with Gasteiger partial charge in [0.15, 0.2) is 9.84 Å². The predicted molar refractivity (Wildman–Crippen MR) is 106 cm³/mol. The number of rotatable bonds is 5. The quantitative estimate of drug-likeness (QED) is 0.786. The molecule has 1 fully saturated rings. The number of sulfone groups is 1. The lowest BCUT2D eigenvalue weighted by molar-refractivity contribution is 0.0747. The second-order valence-electron chi connectivity index (χ2n) is 6.74. The van der Waals surface area contributed by atoms with Gasteiger partial charge in [0.2, 0.25) is 0 Å². The Kier molecular flexibility index (Phi) is 5.70. The van der Waals surface area contributed by atoms with Gasteiger partial charge in [-0.3, -0.25) is 4.79 Å². The second kappa shape index (κ2) is 8.00. The maximum Gasteiger partial charge on any atom is 0.253 e. The lowest BCUT2D eigenvalue weighted by atomic mass is 10.1. The number of hydrogen-bond donors (Lipinski definition) is 0. The number of carbonyl (C=O) groups is 1. The molecular weight excluding hydrogens is 364 g/mol. The van der Waals surface area contributed by atoms with Crippen LogP contribution in [-0.2, 0) is 15.6 Å². The van der Waals surface area contributed by atoms with Crippen LogP contribution in [0.4, 0.5) is 5.69 Å². The van der Waals surface area contributed by atoms with E-state index in [0.29, 0.717) is 24.2 Å². The number of ether oxygens (including phenoxy) is 1.